The van der Waals surface area contributed by atoms with Crippen molar-refractivity contribution in [3.63, 3.8) is 0 Å². The van der Waals surface area contributed by atoms with Gasteiger partial charge < -0.3 is 10.2 Å². The SMILES string of the molecule is CCSc1ccc(CNC(=O)N2CC(c3ccccc3)C(c3ccccc3)C2)cc1. The van der Waals surface area contributed by atoms with E-state index in [0.29, 0.717) is 18.4 Å². The number of thioether (sulfide) groups is 1. The van der Waals surface area contributed by atoms with Crippen LogP contribution in [0.5, 0.6) is 0 Å². The van der Waals surface area contributed by atoms with E-state index in [9.17, 15) is 4.79 Å². The molecule has 0 bridgehead atoms. The van der Waals surface area contributed by atoms with Crippen molar-refractivity contribution >= 4 is 17.8 Å². The van der Waals surface area contributed by atoms with E-state index in [1.54, 1.807) is 0 Å². The molecule has 0 radical (unpaired) electrons. The number of carbonyl (C=O) groups excluding carboxylic acids is 1. The minimum atomic E-state index is 0.0152. The van der Waals surface area contributed by atoms with Gasteiger partial charge >= 0.3 is 6.03 Å². The fourth-order valence-electron chi connectivity index (χ4n) is 4.21. The van der Waals surface area contributed by atoms with Gasteiger partial charge in [0.05, 0.1) is 0 Å². The van der Waals surface area contributed by atoms with Gasteiger partial charge in [-0.3, -0.25) is 0 Å². The molecular weight excluding hydrogens is 388 g/mol. The zero-order valence-electron chi connectivity index (χ0n) is 17.3. The van der Waals surface area contributed by atoms with Gasteiger partial charge in [0, 0.05) is 36.4 Å². The number of hydrogen-bond donors (Lipinski definition) is 1. The van der Waals surface area contributed by atoms with Crippen LogP contribution in [0.25, 0.3) is 0 Å². The number of carbonyl (C=O) groups is 1. The van der Waals surface area contributed by atoms with Gasteiger partial charge in [0.15, 0.2) is 0 Å². The molecule has 1 aliphatic heterocycles. The molecule has 0 aromatic heterocycles. The van der Waals surface area contributed by atoms with E-state index in [0.717, 1.165) is 24.4 Å². The van der Waals surface area contributed by atoms with Crippen molar-refractivity contribution in [1.82, 2.24) is 10.2 Å². The largest absolute Gasteiger partial charge is 0.334 e. The number of amides is 2. The predicted molar refractivity (Wildman–Crippen MR) is 125 cm³/mol. The number of benzene rings is 3. The molecule has 2 amide bonds. The summed E-state index contributed by atoms with van der Waals surface area (Å²) < 4.78 is 0. The van der Waals surface area contributed by atoms with Gasteiger partial charge in [-0.1, -0.05) is 79.7 Å². The molecule has 3 aromatic rings. The first-order chi connectivity index (χ1) is 14.7. The molecule has 0 aliphatic carbocycles. The number of hydrogen-bond acceptors (Lipinski definition) is 2. The molecule has 4 heteroatoms. The summed E-state index contributed by atoms with van der Waals surface area (Å²) in [5.74, 6) is 1.69. The molecule has 4 rings (SSSR count). The maximum atomic E-state index is 13.0. The van der Waals surface area contributed by atoms with Crippen LogP contribution >= 0.6 is 11.8 Å². The number of likely N-dealkylation sites (tertiary alicyclic amines) is 1. The van der Waals surface area contributed by atoms with Gasteiger partial charge in [-0.05, 0) is 34.6 Å². The summed E-state index contributed by atoms with van der Waals surface area (Å²) in [6.45, 7) is 4.18. The van der Waals surface area contributed by atoms with E-state index in [4.69, 9.17) is 0 Å². The van der Waals surface area contributed by atoms with Crippen molar-refractivity contribution in [2.75, 3.05) is 18.8 Å². The van der Waals surface area contributed by atoms with Gasteiger partial charge in [0.2, 0.25) is 0 Å². The van der Waals surface area contributed by atoms with E-state index in [2.05, 4.69) is 85.0 Å². The Hall–Kier alpha value is -2.72. The molecule has 0 saturated carbocycles. The lowest BCUT2D eigenvalue weighted by atomic mass is 9.84. The smallest absolute Gasteiger partial charge is 0.317 e. The lowest BCUT2D eigenvalue weighted by Crippen LogP contribution is -2.38. The van der Waals surface area contributed by atoms with Gasteiger partial charge in [-0.25, -0.2) is 4.79 Å². The fourth-order valence-corrected chi connectivity index (χ4v) is 4.87. The van der Waals surface area contributed by atoms with Crippen molar-refractivity contribution in [2.24, 2.45) is 0 Å². The monoisotopic (exact) mass is 416 g/mol. The summed E-state index contributed by atoms with van der Waals surface area (Å²) in [6, 6.07) is 29.6. The first-order valence-corrected chi connectivity index (χ1v) is 11.6. The lowest BCUT2D eigenvalue weighted by molar-refractivity contribution is 0.207. The maximum absolute atomic E-state index is 13.0. The third-order valence-electron chi connectivity index (χ3n) is 5.74. The highest BCUT2D eigenvalue weighted by atomic mass is 32.2. The Labute approximate surface area is 183 Å². The highest BCUT2D eigenvalue weighted by molar-refractivity contribution is 7.99. The molecule has 2 unspecified atom stereocenters. The summed E-state index contributed by atoms with van der Waals surface area (Å²) in [5.41, 5.74) is 3.72. The fraction of sp³-hybridized carbons (Fsp3) is 0.269. The number of nitrogens with one attached hydrogen (secondary N) is 1. The number of nitrogens with zero attached hydrogens (tertiary/aromatic N) is 1. The number of urea groups is 1. The van der Waals surface area contributed by atoms with Crippen molar-refractivity contribution in [3.05, 3.63) is 102 Å². The molecule has 30 heavy (non-hydrogen) atoms. The van der Waals surface area contributed by atoms with Crippen molar-refractivity contribution in [1.29, 1.82) is 0 Å². The van der Waals surface area contributed by atoms with Crippen LogP contribution in [-0.2, 0) is 6.54 Å². The molecule has 3 aromatic carbocycles. The Morgan fingerprint density at radius 3 is 1.90 bits per heavy atom. The third-order valence-corrected chi connectivity index (χ3v) is 6.63. The molecule has 1 N–H and O–H groups in total. The zero-order chi connectivity index (χ0) is 20.8. The van der Waals surface area contributed by atoms with Crippen molar-refractivity contribution in [3.8, 4) is 0 Å². The highest BCUT2D eigenvalue weighted by Crippen LogP contribution is 2.39. The van der Waals surface area contributed by atoms with Crippen LogP contribution in [0.15, 0.2) is 89.8 Å². The summed E-state index contributed by atoms with van der Waals surface area (Å²) in [6.07, 6.45) is 0. The van der Waals surface area contributed by atoms with Crippen LogP contribution in [0.4, 0.5) is 4.79 Å². The van der Waals surface area contributed by atoms with Crippen LogP contribution in [0.1, 0.15) is 35.4 Å². The van der Waals surface area contributed by atoms with E-state index < -0.39 is 0 Å². The van der Waals surface area contributed by atoms with E-state index in [1.165, 1.54) is 16.0 Å². The Balaban J connectivity index is 1.44. The average molecular weight is 417 g/mol. The molecule has 1 saturated heterocycles. The van der Waals surface area contributed by atoms with Crippen LogP contribution in [-0.4, -0.2) is 29.8 Å². The first kappa shape index (κ1) is 20.5. The van der Waals surface area contributed by atoms with E-state index >= 15 is 0 Å². The molecule has 0 spiro atoms. The van der Waals surface area contributed by atoms with E-state index in [-0.39, 0.29) is 6.03 Å². The summed E-state index contributed by atoms with van der Waals surface area (Å²) in [4.78, 5) is 16.2. The topological polar surface area (TPSA) is 32.3 Å². The Morgan fingerprint density at radius 1 is 0.867 bits per heavy atom. The van der Waals surface area contributed by atoms with Gasteiger partial charge in [0.1, 0.15) is 0 Å². The van der Waals surface area contributed by atoms with Crippen LogP contribution in [0.3, 0.4) is 0 Å². The van der Waals surface area contributed by atoms with Gasteiger partial charge in [-0.2, -0.15) is 0 Å². The van der Waals surface area contributed by atoms with Crippen LogP contribution < -0.4 is 5.32 Å². The predicted octanol–water partition coefficient (Wildman–Crippen LogP) is 5.89. The second-order valence-electron chi connectivity index (χ2n) is 7.68. The lowest BCUT2D eigenvalue weighted by Gasteiger charge is -2.18. The minimum Gasteiger partial charge on any atom is -0.334 e. The van der Waals surface area contributed by atoms with Crippen LogP contribution in [0.2, 0.25) is 0 Å². The quantitative estimate of drug-likeness (QED) is 0.508. The maximum Gasteiger partial charge on any atom is 0.317 e. The molecule has 3 nitrogen and oxygen atoms in total. The summed E-state index contributed by atoms with van der Waals surface area (Å²) in [5, 5.41) is 3.12. The van der Waals surface area contributed by atoms with E-state index in [1.807, 2.05) is 28.8 Å². The van der Waals surface area contributed by atoms with Crippen molar-refractivity contribution in [2.45, 2.75) is 30.2 Å². The second kappa shape index (κ2) is 9.86. The Bertz CT molecular complexity index is 896. The molecule has 2 atom stereocenters. The van der Waals surface area contributed by atoms with Gasteiger partial charge in [0.25, 0.3) is 0 Å². The van der Waals surface area contributed by atoms with Gasteiger partial charge in [-0.15, -0.1) is 11.8 Å². The minimum absolute atomic E-state index is 0.0152. The Morgan fingerprint density at radius 2 is 1.40 bits per heavy atom. The molecule has 154 valence electrons. The first-order valence-electron chi connectivity index (χ1n) is 10.6. The Kier molecular flexibility index (Phi) is 6.75. The second-order valence-corrected chi connectivity index (χ2v) is 9.01. The molecular formula is C26H28N2OS. The number of rotatable bonds is 6. The summed E-state index contributed by atoms with van der Waals surface area (Å²) in [7, 11) is 0. The van der Waals surface area contributed by atoms with Crippen LogP contribution in [0, 0.1) is 0 Å². The zero-order valence-corrected chi connectivity index (χ0v) is 18.1. The standard InChI is InChI=1S/C26H28N2OS/c1-2-30-23-15-13-20(14-16-23)17-27-26(29)28-18-24(21-9-5-3-6-10-21)25(19-28)22-11-7-4-8-12-22/h3-16,24-25H,2,17-19H2,1H3,(H,27,29). The molecule has 1 heterocycles. The normalized spacial score (nSPS) is 18.4. The van der Waals surface area contributed by atoms with Crippen molar-refractivity contribution < 1.29 is 4.79 Å². The average Bonchev–Trinajstić information content (AvgIpc) is 3.25. The molecule has 1 aliphatic rings. The summed E-state index contributed by atoms with van der Waals surface area (Å²) >= 11 is 1.83. The third kappa shape index (κ3) is 4.88. The highest BCUT2D eigenvalue weighted by Gasteiger charge is 2.36. The molecule has 1 fully saturated rings.